The van der Waals surface area contributed by atoms with Crippen LogP contribution in [0.5, 0.6) is 0 Å². The summed E-state index contributed by atoms with van der Waals surface area (Å²) in [5.41, 5.74) is 3.37. The van der Waals surface area contributed by atoms with Crippen molar-refractivity contribution in [1.82, 2.24) is 0 Å². The van der Waals surface area contributed by atoms with Gasteiger partial charge in [-0.2, -0.15) is 0 Å². The predicted molar refractivity (Wildman–Crippen MR) is 73.2 cm³/mol. The molecule has 2 rings (SSSR count). The first-order valence-corrected chi connectivity index (χ1v) is 6.42. The number of halogens is 1. The molecule has 1 aromatic carbocycles. The summed E-state index contributed by atoms with van der Waals surface area (Å²) in [5, 5.41) is -0.153. The van der Waals surface area contributed by atoms with Gasteiger partial charge >= 0.3 is 0 Å². The Morgan fingerprint density at radius 3 is 2.50 bits per heavy atom. The fourth-order valence-electron chi connectivity index (χ4n) is 1.91. The van der Waals surface area contributed by atoms with Gasteiger partial charge in [-0.3, -0.25) is 0 Å². The molecule has 0 saturated carbocycles. The van der Waals surface area contributed by atoms with Crippen LogP contribution in [0.2, 0.25) is 0 Å². The first-order chi connectivity index (χ1) is 8.72. The zero-order chi connectivity index (χ0) is 13.0. The highest BCUT2D eigenvalue weighted by Crippen LogP contribution is 2.31. The first kappa shape index (κ1) is 13.2. The second kappa shape index (κ2) is 6.07. The third-order valence-electron chi connectivity index (χ3n) is 3.04. The first-order valence-electron chi connectivity index (χ1n) is 5.98. The lowest BCUT2D eigenvalue weighted by atomic mass is 10.0. The van der Waals surface area contributed by atoms with Gasteiger partial charge in [0.1, 0.15) is 5.76 Å². The lowest BCUT2D eigenvalue weighted by Gasteiger charge is -2.10. The molecule has 3 heteroatoms. The molecule has 0 aliphatic rings. The van der Waals surface area contributed by atoms with Crippen LogP contribution in [0, 0.1) is 6.92 Å². The molecule has 18 heavy (non-hydrogen) atoms. The number of methoxy groups -OCH3 is 1. The molecule has 0 bridgehead atoms. The van der Waals surface area contributed by atoms with Crippen LogP contribution in [0.3, 0.4) is 0 Å². The third kappa shape index (κ3) is 2.95. The van der Waals surface area contributed by atoms with E-state index in [4.69, 9.17) is 20.8 Å². The summed E-state index contributed by atoms with van der Waals surface area (Å²) in [5.74, 6) is 0.874. The quantitative estimate of drug-likeness (QED) is 0.759. The number of hydrogen-bond donors (Lipinski definition) is 0. The van der Waals surface area contributed by atoms with Gasteiger partial charge in [0.2, 0.25) is 0 Å². The van der Waals surface area contributed by atoms with Gasteiger partial charge in [-0.1, -0.05) is 24.3 Å². The van der Waals surface area contributed by atoms with Crippen molar-refractivity contribution in [3.8, 4) is 0 Å². The fraction of sp³-hybridized carbons (Fsp3) is 0.333. The van der Waals surface area contributed by atoms with E-state index in [1.54, 1.807) is 13.4 Å². The maximum atomic E-state index is 6.45. The smallest absolute Gasteiger partial charge is 0.105 e. The van der Waals surface area contributed by atoms with Crippen LogP contribution >= 0.6 is 11.6 Å². The van der Waals surface area contributed by atoms with Crippen molar-refractivity contribution in [1.29, 1.82) is 0 Å². The highest BCUT2D eigenvalue weighted by Gasteiger charge is 2.14. The monoisotopic (exact) mass is 264 g/mol. The van der Waals surface area contributed by atoms with Gasteiger partial charge in [-0.25, -0.2) is 0 Å². The molecule has 0 amide bonds. The van der Waals surface area contributed by atoms with E-state index in [1.165, 1.54) is 5.56 Å². The van der Waals surface area contributed by atoms with Crippen molar-refractivity contribution < 1.29 is 9.15 Å². The molecule has 0 radical (unpaired) electrons. The molecule has 0 aliphatic heterocycles. The average molecular weight is 265 g/mol. The Balaban J connectivity index is 2.12. The van der Waals surface area contributed by atoms with Crippen LogP contribution in [-0.4, -0.2) is 13.7 Å². The molecule has 1 aromatic heterocycles. The summed E-state index contributed by atoms with van der Waals surface area (Å²) in [7, 11) is 1.71. The number of aryl methyl sites for hydroxylation is 1. The van der Waals surface area contributed by atoms with Crippen LogP contribution in [0.25, 0.3) is 0 Å². The van der Waals surface area contributed by atoms with Gasteiger partial charge in [0.15, 0.2) is 0 Å². The highest BCUT2D eigenvalue weighted by atomic mass is 35.5. The molecule has 1 heterocycles. The molecule has 0 fully saturated rings. The minimum Gasteiger partial charge on any atom is -0.469 e. The van der Waals surface area contributed by atoms with E-state index in [-0.39, 0.29) is 5.38 Å². The average Bonchev–Trinajstić information content (AvgIpc) is 2.82. The molecule has 1 unspecified atom stereocenters. The van der Waals surface area contributed by atoms with E-state index in [0.717, 1.165) is 29.9 Å². The Kier molecular flexibility index (Phi) is 4.45. The van der Waals surface area contributed by atoms with Crippen LogP contribution in [-0.2, 0) is 11.2 Å². The SMILES string of the molecule is COCCc1ccc(C(Cl)c2ccoc2C)cc1. The number of hydrogen-bond acceptors (Lipinski definition) is 2. The standard InChI is InChI=1S/C15H17ClO2/c1-11-14(8-10-18-11)15(16)13-5-3-12(4-6-13)7-9-17-2/h3-6,8,10,15H,7,9H2,1-2H3. The second-order valence-corrected chi connectivity index (χ2v) is 4.72. The van der Waals surface area contributed by atoms with Gasteiger partial charge in [-0.05, 0) is 30.5 Å². The highest BCUT2D eigenvalue weighted by molar-refractivity contribution is 6.22. The summed E-state index contributed by atoms with van der Waals surface area (Å²) < 4.78 is 10.3. The lowest BCUT2D eigenvalue weighted by Crippen LogP contribution is -1.97. The maximum absolute atomic E-state index is 6.45. The van der Waals surface area contributed by atoms with E-state index in [9.17, 15) is 0 Å². The minimum atomic E-state index is -0.153. The zero-order valence-corrected chi connectivity index (χ0v) is 11.4. The molecule has 0 N–H and O–H groups in total. The summed E-state index contributed by atoms with van der Waals surface area (Å²) in [6.45, 7) is 2.67. The Morgan fingerprint density at radius 1 is 1.22 bits per heavy atom. The van der Waals surface area contributed by atoms with Gasteiger partial charge in [0.05, 0.1) is 18.2 Å². The topological polar surface area (TPSA) is 22.4 Å². The molecule has 2 aromatic rings. The lowest BCUT2D eigenvalue weighted by molar-refractivity contribution is 0.202. The normalized spacial score (nSPS) is 12.6. The molecule has 1 atom stereocenters. The van der Waals surface area contributed by atoms with Crippen molar-refractivity contribution in [3.63, 3.8) is 0 Å². The van der Waals surface area contributed by atoms with E-state index >= 15 is 0 Å². The van der Waals surface area contributed by atoms with Crippen LogP contribution in [0.4, 0.5) is 0 Å². The van der Waals surface area contributed by atoms with Gasteiger partial charge in [-0.15, -0.1) is 11.6 Å². The summed E-state index contributed by atoms with van der Waals surface area (Å²) in [6, 6.07) is 10.2. The van der Waals surface area contributed by atoms with Crippen molar-refractivity contribution >= 4 is 11.6 Å². The number of rotatable bonds is 5. The summed E-state index contributed by atoms with van der Waals surface area (Å²) in [6.07, 6.45) is 2.60. The Bertz CT molecular complexity index is 487. The minimum absolute atomic E-state index is 0.153. The van der Waals surface area contributed by atoms with E-state index in [1.807, 2.05) is 13.0 Å². The largest absolute Gasteiger partial charge is 0.469 e. The van der Waals surface area contributed by atoms with Crippen molar-refractivity contribution in [2.45, 2.75) is 18.7 Å². The summed E-state index contributed by atoms with van der Waals surface area (Å²) >= 11 is 6.45. The molecule has 0 spiro atoms. The van der Waals surface area contributed by atoms with E-state index in [0.29, 0.717) is 0 Å². The predicted octanol–water partition coefficient (Wildman–Crippen LogP) is 4.11. The van der Waals surface area contributed by atoms with Crippen molar-refractivity contribution in [2.24, 2.45) is 0 Å². The third-order valence-corrected chi connectivity index (χ3v) is 3.53. The van der Waals surface area contributed by atoms with Gasteiger partial charge in [0.25, 0.3) is 0 Å². The maximum Gasteiger partial charge on any atom is 0.105 e. The Hall–Kier alpha value is -1.25. The summed E-state index contributed by atoms with van der Waals surface area (Å²) in [4.78, 5) is 0. The molecule has 0 aliphatic carbocycles. The zero-order valence-electron chi connectivity index (χ0n) is 10.7. The molecule has 96 valence electrons. The molecular weight excluding hydrogens is 248 g/mol. The van der Waals surface area contributed by atoms with Gasteiger partial charge < -0.3 is 9.15 Å². The van der Waals surface area contributed by atoms with Crippen molar-refractivity contribution in [3.05, 3.63) is 59.0 Å². The number of benzene rings is 1. The van der Waals surface area contributed by atoms with Crippen LogP contribution < -0.4 is 0 Å². The Morgan fingerprint density at radius 2 is 1.94 bits per heavy atom. The van der Waals surface area contributed by atoms with Gasteiger partial charge in [0, 0.05) is 12.7 Å². The molecule has 2 nitrogen and oxygen atoms in total. The number of furan rings is 1. The van der Waals surface area contributed by atoms with Crippen LogP contribution in [0.15, 0.2) is 41.0 Å². The molecule has 0 saturated heterocycles. The molecular formula is C15H17ClO2. The van der Waals surface area contributed by atoms with Crippen molar-refractivity contribution in [2.75, 3.05) is 13.7 Å². The van der Waals surface area contributed by atoms with E-state index < -0.39 is 0 Å². The second-order valence-electron chi connectivity index (χ2n) is 4.28. The van der Waals surface area contributed by atoms with E-state index in [2.05, 4.69) is 24.3 Å². The number of alkyl halides is 1. The fourth-order valence-corrected chi connectivity index (χ4v) is 2.28. The van der Waals surface area contributed by atoms with Crippen LogP contribution in [0.1, 0.15) is 27.8 Å². The number of ether oxygens (including phenoxy) is 1. The Labute approximate surface area is 113 Å².